The van der Waals surface area contributed by atoms with Crippen LogP contribution in [0.4, 0.5) is 0 Å². The van der Waals surface area contributed by atoms with Gasteiger partial charge >= 0.3 is 5.97 Å². The third-order valence-electron chi connectivity index (χ3n) is 3.23. The summed E-state index contributed by atoms with van der Waals surface area (Å²) in [7, 11) is 1.42. The van der Waals surface area contributed by atoms with Crippen molar-refractivity contribution >= 4 is 5.97 Å². The Kier molecular flexibility index (Phi) is 3.79. The lowest BCUT2D eigenvalue weighted by molar-refractivity contribution is -0.142. The molecule has 0 amide bonds. The molecule has 3 heteroatoms. The molecule has 1 N–H and O–H groups in total. The number of hydrogen-bond donors (Lipinski definition) is 1. The van der Waals surface area contributed by atoms with Gasteiger partial charge in [0, 0.05) is 6.54 Å². The predicted molar refractivity (Wildman–Crippen MR) is 66.7 cm³/mol. The highest BCUT2D eigenvalue weighted by atomic mass is 16.5. The van der Waals surface area contributed by atoms with E-state index in [9.17, 15) is 4.79 Å². The number of carbonyl (C=O) groups excluding carboxylic acids is 1. The van der Waals surface area contributed by atoms with Gasteiger partial charge in [0.1, 0.15) is 6.04 Å². The van der Waals surface area contributed by atoms with Crippen LogP contribution >= 0.6 is 0 Å². The van der Waals surface area contributed by atoms with E-state index in [2.05, 4.69) is 28.3 Å². The van der Waals surface area contributed by atoms with E-state index in [1.54, 1.807) is 0 Å². The van der Waals surface area contributed by atoms with Gasteiger partial charge in [-0.2, -0.15) is 0 Å². The maximum absolute atomic E-state index is 11.3. The number of hydrogen-bond acceptors (Lipinski definition) is 3. The number of methoxy groups -OCH3 is 1. The maximum atomic E-state index is 11.3. The van der Waals surface area contributed by atoms with E-state index in [1.165, 1.54) is 31.1 Å². The molecule has 1 saturated carbocycles. The van der Waals surface area contributed by atoms with Crippen LogP contribution in [0.1, 0.15) is 36.8 Å². The standard InChI is InChI=1S/C14H19NO2/c1-10(14(16)17-2)15-9-12-5-3-4-6-13(12)11-7-8-11/h3-6,10-11,15H,7-9H2,1-2H3. The van der Waals surface area contributed by atoms with Crippen molar-refractivity contribution in [3.05, 3.63) is 35.4 Å². The van der Waals surface area contributed by atoms with Gasteiger partial charge in [-0.1, -0.05) is 24.3 Å². The first kappa shape index (κ1) is 12.1. The van der Waals surface area contributed by atoms with Crippen molar-refractivity contribution in [1.29, 1.82) is 0 Å². The minimum atomic E-state index is -0.257. The Morgan fingerprint density at radius 3 is 2.82 bits per heavy atom. The van der Waals surface area contributed by atoms with E-state index in [0.29, 0.717) is 0 Å². The normalized spacial score (nSPS) is 16.6. The first-order valence-electron chi connectivity index (χ1n) is 6.11. The number of ether oxygens (including phenoxy) is 1. The molecule has 1 aliphatic rings. The van der Waals surface area contributed by atoms with Crippen molar-refractivity contribution in [3.63, 3.8) is 0 Å². The quantitative estimate of drug-likeness (QED) is 0.792. The summed E-state index contributed by atoms with van der Waals surface area (Å²) in [4.78, 5) is 11.3. The third kappa shape index (κ3) is 3.07. The average molecular weight is 233 g/mol. The molecule has 17 heavy (non-hydrogen) atoms. The van der Waals surface area contributed by atoms with Crippen molar-refractivity contribution in [3.8, 4) is 0 Å². The Hall–Kier alpha value is -1.35. The van der Waals surface area contributed by atoms with E-state index >= 15 is 0 Å². The van der Waals surface area contributed by atoms with E-state index in [0.717, 1.165) is 12.5 Å². The van der Waals surface area contributed by atoms with Crippen LogP contribution in [0, 0.1) is 0 Å². The number of carbonyl (C=O) groups is 1. The predicted octanol–water partition coefficient (Wildman–Crippen LogP) is 2.22. The molecule has 2 rings (SSSR count). The molecule has 1 aromatic rings. The summed E-state index contributed by atoms with van der Waals surface area (Å²) in [6.07, 6.45) is 2.59. The third-order valence-corrected chi connectivity index (χ3v) is 3.23. The minimum Gasteiger partial charge on any atom is -0.468 e. The summed E-state index contributed by atoms with van der Waals surface area (Å²) in [5, 5.41) is 3.20. The van der Waals surface area contributed by atoms with Gasteiger partial charge in [-0.25, -0.2) is 0 Å². The molecule has 0 aliphatic heterocycles. The van der Waals surface area contributed by atoms with Crippen LogP contribution in [0.2, 0.25) is 0 Å². The highest BCUT2D eigenvalue weighted by Crippen LogP contribution is 2.41. The molecular weight excluding hydrogens is 214 g/mol. The topological polar surface area (TPSA) is 38.3 Å². The summed E-state index contributed by atoms with van der Waals surface area (Å²) >= 11 is 0. The maximum Gasteiger partial charge on any atom is 0.322 e. The van der Waals surface area contributed by atoms with Crippen LogP contribution in [0.3, 0.4) is 0 Å². The molecule has 0 aromatic heterocycles. The molecule has 1 atom stereocenters. The molecule has 0 spiro atoms. The Balaban J connectivity index is 1.96. The first-order chi connectivity index (χ1) is 8.22. The molecule has 0 saturated heterocycles. The molecule has 1 aliphatic carbocycles. The summed E-state index contributed by atoms with van der Waals surface area (Å²) in [5.41, 5.74) is 2.72. The number of rotatable bonds is 5. The molecule has 0 bridgehead atoms. The fourth-order valence-corrected chi connectivity index (χ4v) is 2.01. The van der Waals surface area contributed by atoms with E-state index in [-0.39, 0.29) is 12.0 Å². The van der Waals surface area contributed by atoms with Crippen LogP contribution in [0.5, 0.6) is 0 Å². The summed E-state index contributed by atoms with van der Waals surface area (Å²) in [6.45, 7) is 2.55. The Morgan fingerprint density at radius 1 is 1.47 bits per heavy atom. The van der Waals surface area contributed by atoms with Crippen LogP contribution in [-0.4, -0.2) is 19.1 Å². The zero-order chi connectivity index (χ0) is 12.3. The molecule has 1 aromatic carbocycles. The first-order valence-corrected chi connectivity index (χ1v) is 6.11. The summed E-state index contributed by atoms with van der Waals surface area (Å²) < 4.78 is 4.69. The van der Waals surface area contributed by atoms with Crippen LogP contribution in [0.25, 0.3) is 0 Å². The molecule has 0 radical (unpaired) electrons. The van der Waals surface area contributed by atoms with Gasteiger partial charge < -0.3 is 10.1 Å². The number of esters is 1. The second-order valence-electron chi connectivity index (χ2n) is 4.60. The Labute approximate surface area is 102 Å². The van der Waals surface area contributed by atoms with Gasteiger partial charge in [0.15, 0.2) is 0 Å². The molecule has 1 unspecified atom stereocenters. The zero-order valence-electron chi connectivity index (χ0n) is 10.4. The molecule has 92 valence electrons. The highest BCUT2D eigenvalue weighted by molar-refractivity contribution is 5.75. The number of nitrogens with one attached hydrogen (secondary N) is 1. The molecule has 3 nitrogen and oxygen atoms in total. The number of benzene rings is 1. The van der Waals surface area contributed by atoms with Crippen molar-refractivity contribution in [1.82, 2.24) is 5.32 Å². The molecular formula is C14H19NO2. The molecule has 1 fully saturated rings. The lowest BCUT2D eigenvalue weighted by atomic mass is 10.0. The van der Waals surface area contributed by atoms with E-state index in [1.807, 2.05) is 13.0 Å². The van der Waals surface area contributed by atoms with Crippen molar-refractivity contribution < 1.29 is 9.53 Å². The van der Waals surface area contributed by atoms with Crippen LogP contribution in [0.15, 0.2) is 24.3 Å². The molecule has 0 heterocycles. The van der Waals surface area contributed by atoms with Gasteiger partial charge in [-0.15, -0.1) is 0 Å². The average Bonchev–Trinajstić information content (AvgIpc) is 3.19. The van der Waals surface area contributed by atoms with Gasteiger partial charge in [0.2, 0.25) is 0 Å². The van der Waals surface area contributed by atoms with Crippen LogP contribution in [-0.2, 0) is 16.1 Å². The van der Waals surface area contributed by atoms with Gasteiger partial charge in [-0.3, -0.25) is 4.79 Å². The second-order valence-corrected chi connectivity index (χ2v) is 4.60. The SMILES string of the molecule is COC(=O)C(C)NCc1ccccc1C1CC1. The fraction of sp³-hybridized carbons (Fsp3) is 0.500. The summed E-state index contributed by atoms with van der Waals surface area (Å²) in [5.74, 6) is 0.523. The largest absolute Gasteiger partial charge is 0.468 e. The smallest absolute Gasteiger partial charge is 0.322 e. The lowest BCUT2D eigenvalue weighted by Gasteiger charge is -2.13. The zero-order valence-corrected chi connectivity index (χ0v) is 10.4. The van der Waals surface area contributed by atoms with Gasteiger partial charge in [0.25, 0.3) is 0 Å². The van der Waals surface area contributed by atoms with Crippen molar-refractivity contribution in [2.45, 2.75) is 38.3 Å². The second kappa shape index (κ2) is 5.32. The van der Waals surface area contributed by atoms with Crippen molar-refractivity contribution in [2.24, 2.45) is 0 Å². The highest BCUT2D eigenvalue weighted by Gasteiger charge is 2.25. The fourth-order valence-electron chi connectivity index (χ4n) is 2.01. The lowest BCUT2D eigenvalue weighted by Crippen LogP contribution is -2.34. The minimum absolute atomic E-state index is 0.214. The Bertz CT molecular complexity index is 399. The monoisotopic (exact) mass is 233 g/mol. The van der Waals surface area contributed by atoms with Gasteiger partial charge in [0.05, 0.1) is 7.11 Å². The van der Waals surface area contributed by atoms with Gasteiger partial charge in [-0.05, 0) is 36.8 Å². The van der Waals surface area contributed by atoms with E-state index < -0.39 is 0 Å². The van der Waals surface area contributed by atoms with Crippen molar-refractivity contribution in [2.75, 3.05) is 7.11 Å². The Morgan fingerprint density at radius 2 is 2.18 bits per heavy atom. The van der Waals surface area contributed by atoms with Crippen LogP contribution < -0.4 is 5.32 Å². The summed E-state index contributed by atoms with van der Waals surface area (Å²) in [6, 6.07) is 8.20. The van der Waals surface area contributed by atoms with E-state index in [4.69, 9.17) is 0 Å².